The van der Waals surface area contributed by atoms with Crippen LogP contribution >= 0.6 is 0 Å². The number of nitrogens with one attached hydrogen (secondary N) is 1. The first-order valence-corrected chi connectivity index (χ1v) is 9.29. The Balaban J connectivity index is 2.05. The molecule has 0 aliphatic carbocycles. The monoisotopic (exact) mass is 405 g/mol. The van der Waals surface area contributed by atoms with E-state index in [4.69, 9.17) is 14.2 Å². The van der Waals surface area contributed by atoms with Gasteiger partial charge in [-0.2, -0.15) is 0 Å². The number of hydrogen-bond acceptors (Lipinski definition) is 5. The van der Waals surface area contributed by atoms with Gasteiger partial charge in [0.1, 0.15) is 17.2 Å². The van der Waals surface area contributed by atoms with Gasteiger partial charge in [-0.1, -0.05) is 30.3 Å². The predicted octanol–water partition coefficient (Wildman–Crippen LogP) is 4.17. The molecule has 0 aliphatic rings. The van der Waals surface area contributed by atoms with E-state index in [-0.39, 0.29) is 11.6 Å². The van der Waals surface area contributed by atoms with Gasteiger partial charge in [-0.05, 0) is 52.2 Å². The van der Waals surface area contributed by atoms with Crippen LogP contribution in [0.1, 0.15) is 12.5 Å². The zero-order valence-corrected chi connectivity index (χ0v) is 17.3. The van der Waals surface area contributed by atoms with Crippen molar-refractivity contribution in [1.82, 2.24) is 5.32 Å². The topological polar surface area (TPSA) is 73.9 Å². The molecule has 0 fully saturated rings. The van der Waals surface area contributed by atoms with Gasteiger partial charge in [0.2, 0.25) is 5.91 Å². The quantitative estimate of drug-likeness (QED) is 0.492. The minimum atomic E-state index is -0.607. The van der Waals surface area contributed by atoms with Crippen LogP contribution < -0.4 is 14.8 Å². The summed E-state index contributed by atoms with van der Waals surface area (Å²) < 4.78 is 15.8. The largest absolute Gasteiger partial charge is 0.496 e. The molecule has 0 saturated carbocycles. The fourth-order valence-electron chi connectivity index (χ4n) is 3.26. The summed E-state index contributed by atoms with van der Waals surface area (Å²) in [6.45, 7) is 1.34. The maximum absolute atomic E-state index is 11.9. The van der Waals surface area contributed by atoms with Gasteiger partial charge in [-0.15, -0.1) is 0 Å². The van der Waals surface area contributed by atoms with Crippen molar-refractivity contribution in [1.29, 1.82) is 0 Å². The fourth-order valence-corrected chi connectivity index (χ4v) is 3.26. The van der Waals surface area contributed by atoms with E-state index in [1.54, 1.807) is 20.3 Å². The number of amides is 1. The molecule has 154 valence electrons. The van der Waals surface area contributed by atoms with Crippen molar-refractivity contribution in [2.75, 3.05) is 21.3 Å². The fraction of sp³-hybridized carbons (Fsp3) is 0.167. The Kier molecular flexibility index (Phi) is 6.37. The number of carbonyl (C=O) groups is 2. The van der Waals surface area contributed by atoms with Crippen LogP contribution in [0.2, 0.25) is 0 Å². The maximum Gasteiger partial charge on any atom is 0.354 e. The second kappa shape index (κ2) is 9.13. The van der Waals surface area contributed by atoms with Crippen molar-refractivity contribution in [3.63, 3.8) is 0 Å². The number of hydrogen-bond donors (Lipinski definition) is 1. The van der Waals surface area contributed by atoms with Crippen molar-refractivity contribution in [3.05, 3.63) is 65.9 Å². The van der Waals surface area contributed by atoms with Crippen molar-refractivity contribution < 1.29 is 23.8 Å². The van der Waals surface area contributed by atoms with Gasteiger partial charge in [0, 0.05) is 6.92 Å². The minimum Gasteiger partial charge on any atom is -0.496 e. The Morgan fingerprint density at radius 2 is 1.50 bits per heavy atom. The first-order valence-electron chi connectivity index (χ1n) is 9.29. The SMILES string of the molecule is COC(=O)/C(=C\c1ccc2cc(-c3c(OC)cccc3OC)ccc2c1)NC(C)=O. The molecular weight excluding hydrogens is 382 g/mol. The molecule has 0 radical (unpaired) electrons. The molecule has 0 atom stereocenters. The number of benzene rings is 3. The second-order valence-electron chi connectivity index (χ2n) is 6.59. The van der Waals surface area contributed by atoms with E-state index in [0.717, 1.165) is 39.0 Å². The van der Waals surface area contributed by atoms with Crippen LogP contribution in [-0.4, -0.2) is 33.2 Å². The lowest BCUT2D eigenvalue weighted by Gasteiger charge is -2.14. The van der Waals surface area contributed by atoms with Crippen LogP contribution in [0.15, 0.2) is 60.3 Å². The summed E-state index contributed by atoms with van der Waals surface area (Å²) in [7, 11) is 4.53. The molecule has 3 aromatic carbocycles. The number of fused-ring (bicyclic) bond motifs is 1. The van der Waals surface area contributed by atoms with Gasteiger partial charge in [-0.3, -0.25) is 4.79 Å². The van der Waals surface area contributed by atoms with Crippen LogP contribution in [0.25, 0.3) is 28.0 Å². The average Bonchev–Trinajstić information content (AvgIpc) is 2.76. The second-order valence-corrected chi connectivity index (χ2v) is 6.59. The summed E-state index contributed by atoms with van der Waals surface area (Å²) in [5.74, 6) is 0.504. The zero-order valence-electron chi connectivity index (χ0n) is 17.3. The molecule has 6 heteroatoms. The first-order chi connectivity index (χ1) is 14.5. The Hall–Kier alpha value is -3.80. The molecule has 0 unspecified atom stereocenters. The molecule has 0 aliphatic heterocycles. The predicted molar refractivity (Wildman–Crippen MR) is 116 cm³/mol. The molecule has 1 amide bonds. The van der Waals surface area contributed by atoms with Gasteiger partial charge in [0.05, 0.1) is 26.9 Å². The molecule has 0 heterocycles. The molecule has 0 aromatic heterocycles. The smallest absolute Gasteiger partial charge is 0.354 e. The van der Waals surface area contributed by atoms with E-state index in [1.165, 1.54) is 14.0 Å². The molecule has 0 saturated heterocycles. The summed E-state index contributed by atoms with van der Waals surface area (Å²) in [4.78, 5) is 23.3. The molecule has 6 nitrogen and oxygen atoms in total. The van der Waals surface area contributed by atoms with Gasteiger partial charge in [0.25, 0.3) is 0 Å². The summed E-state index contributed by atoms with van der Waals surface area (Å²) >= 11 is 0. The average molecular weight is 405 g/mol. The van der Waals surface area contributed by atoms with Crippen molar-refractivity contribution in [3.8, 4) is 22.6 Å². The molecule has 1 N–H and O–H groups in total. The zero-order chi connectivity index (χ0) is 21.7. The van der Waals surface area contributed by atoms with Gasteiger partial charge in [0.15, 0.2) is 0 Å². The highest BCUT2D eigenvalue weighted by molar-refractivity contribution is 5.98. The highest BCUT2D eigenvalue weighted by Crippen LogP contribution is 2.39. The van der Waals surface area contributed by atoms with Gasteiger partial charge in [-0.25, -0.2) is 4.79 Å². The van der Waals surface area contributed by atoms with Crippen molar-refractivity contribution in [2.45, 2.75) is 6.92 Å². The summed E-state index contributed by atoms with van der Waals surface area (Å²) in [6.07, 6.45) is 1.59. The van der Waals surface area contributed by atoms with E-state index >= 15 is 0 Å². The van der Waals surface area contributed by atoms with E-state index in [1.807, 2.05) is 48.5 Å². The third-order valence-electron chi connectivity index (χ3n) is 4.61. The van der Waals surface area contributed by atoms with Gasteiger partial charge >= 0.3 is 5.97 Å². The number of ether oxygens (including phenoxy) is 3. The highest BCUT2D eigenvalue weighted by Gasteiger charge is 2.14. The standard InChI is InChI=1S/C24H23NO5/c1-15(26)25-20(24(27)30-4)13-16-8-9-18-14-19(11-10-17(18)12-16)23-21(28-2)6-5-7-22(23)29-3/h5-14H,1-4H3,(H,25,26)/b20-13+. The lowest BCUT2D eigenvalue weighted by molar-refractivity contribution is -0.137. The normalized spacial score (nSPS) is 11.1. The lowest BCUT2D eigenvalue weighted by Crippen LogP contribution is -2.25. The minimum absolute atomic E-state index is 0.0831. The molecule has 30 heavy (non-hydrogen) atoms. The molecule has 0 bridgehead atoms. The molecular formula is C24H23NO5. The van der Waals surface area contributed by atoms with Crippen molar-refractivity contribution in [2.24, 2.45) is 0 Å². The summed E-state index contributed by atoms with van der Waals surface area (Å²) in [5.41, 5.74) is 2.69. The third-order valence-corrected chi connectivity index (χ3v) is 4.61. The number of methoxy groups -OCH3 is 3. The third kappa shape index (κ3) is 4.43. The lowest BCUT2D eigenvalue weighted by atomic mass is 9.98. The van der Waals surface area contributed by atoms with Crippen LogP contribution in [-0.2, 0) is 14.3 Å². The van der Waals surface area contributed by atoms with Crippen LogP contribution in [0.5, 0.6) is 11.5 Å². The number of rotatable bonds is 6. The van der Waals surface area contributed by atoms with E-state index < -0.39 is 5.97 Å². The van der Waals surface area contributed by atoms with E-state index in [2.05, 4.69) is 11.4 Å². The Bertz CT molecular complexity index is 1110. The Morgan fingerprint density at radius 3 is 2.10 bits per heavy atom. The Morgan fingerprint density at radius 1 is 0.867 bits per heavy atom. The van der Waals surface area contributed by atoms with Crippen molar-refractivity contribution >= 4 is 28.7 Å². The summed E-state index contributed by atoms with van der Waals surface area (Å²) in [5, 5.41) is 4.49. The highest BCUT2D eigenvalue weighted by atomic mass is 16.5. The van der Waals surface area contributed by atoms with Crippen LogP contribution in [0.4, 0.5) is 0 Å². The van der Waals surface area contributed by atoms with E-state index in [9.17, 15) is 9.59 Å². The number of carbonyl (C=O) groups excluding carboxylic acids is 2. The maximum atomic E-state index is 11.9. The number of esters is 1. The Labute approximate surface area is 175 Å². The van der Waals surface area contributed by atoms with Crippen LogP contribution in [0, 0.1) is 0 Å². The molecule has 0 spiro atoms. The first kappa shape index (κ1) is 20.9. The van der Waals surface area contributed by atoms with Crippen LogP contribution in [0.3, 0.4) is 0 Å². The molecule has 3 aromatic rings. The van der Waals surface area contributed by atoms with E-state index in [0.29, 0.717) is 0 Å². The van der Waals surface area contributed by atoms with Gasteiger partial charge < -0.3 is 19.5 Å². The summed E-state index contributed by atoms with van der Waals surface area (Å²) in [6, 6.07) is 17.5. The molecule has 3 rings (SSSR count).